The van der Waals surface area contributed by atoms with Crippen molar-refractivity contribution in [3.8, 4) is 17.1 Å². The summed E-state index contributed by atoms with van der Waals surface area (Å²) < 4.78 is 10.3. The molecule has 0 bridgehead atoms. The number of rotatable bonds is 8. The summed E-state index contributed by atoms with van der Waals surface area (Å²) in [5.74, 6) is 2.65. The summed E-state index contributed by atoms with van der Waals surface area (Å²) in [4.78, 5) is 0. The van der Waals surface area contributed by atoms with Gasteiger partial charge >= 0.3 is 0 Å². The van der Waals surface area contributed by atoms with Gasteiger partial charge in [0, 0.05) is 41.5 Å². The lowest BCUT2D eigenvalue weighted by Gasteiger charge is -2.08. The molecule has 0 saturated carbocycles. The van der Waals surface area contributed by atoms with Gasteiger partial charge in [-0.05, 0) is 39.0 Å². The number of aromatic nitrogens is 4. The van der Waals surface area contributed by atoms with Crippen molar-refractivity contribution in [2.75, 3.05) is 12.4 Å². The Bertz CT molecular complexity index is 1100. The Kier molecular flexibility index (Phi) is 5.90. The first-order valence-corrected chi connectivity index (χ1v) is 11.0. The monoisotopic (exact) mass is 406 g/mol. The molecule has 2 heterocycles. The second kappa shape index (κ2) is 8.74. The van der Waals surface area contributed by atoms with Crippen LogP contribution in [0.15, 0.2) is 59.9 Å². The van der Waals surface area contributed by atoms with E-state index in [4.69, 9.17) is 4.74 Å². The van der Waals surface area contributed by atoms with Gasteiger partial charge in [-0.25, -0.2) is 0 Å². The Morgan fingerprint density at radius 1 is 0.966 bits per heavy atom. The minimum Gasteiger partial charge on any atom is -0.493 e. The zero-order valence-electron chi connectivity index (χ0n) is 17.1. The number of aryl methyl sites for hydroxylation is 2. The van der Waals surface area contributed by atoms with Crippen molar-refractivity contribution in [3.05, 3.63) is 60.3 Å². The summed E-state index contributed by atoms with van der Waals surface area (Å²) in [6, 6.07) is 16.6. The highest BCUT2D eigenvalue weighted by Gasteiger charge is 2.17. The van der Waals surface area contributed by atoms with Gasteiger partial charge in [0.25, 0.3) is 0 Å². The zero-order valence-corrected chi connectivity index (χ0v) is 17.9. The molecule has 0 aliphatic heterocycles. The van der Waals surface area contributed by atoms with Gasteiger partial charge in [-0.2, -0.15) is 0 Å². The molecule has 6 heteroatoms. The number of fused-ring (bicyclic) bond motifs is 1. The highest BCUT2D eigenvalue weighted by atomic mass is 32.2. The van der Waals surface area contributed by atoms with Crippen LogP contribution in [0.5, 0.6) is 5.75 Å². The minimum atomic E-state index is 0.634. The van der Waals surface area contributed by atoms with Crippen molar-refractivity contribution in [3.63, 3.8) is 0 Å². The van der Waals surface area contributed by atoms with Crippen LogP contribution in [-0.4, -0.2) is 31.7 Å². The Morgan fingerprint density at radius 3 is 2.52 bits per heavy atom. The molecule has 0 aliphatic rings. The van der Waals surface area contributed by atoms with E-state index in [2.05, 4.69) is 82.7 Å². The van der Waals surface area contributed by atoms with Gasteiger partial charge in [-0.3, -0.25) is 0 Å². The Morgan fingerprint density at radius 2 is 1.76 bits per heavy atom. The first kappa shape index (κ1) is 19.6. The molecule has 4 rings (SSSR count). The van der Waals surface area contributed by atoms with Crippen molar-refractivity contribution in [1.82, 2.24) is 19.3 Å². The molecular weight excluding hydrogens is 380 g/mol. The molecule has 0 N–H and O–H groups in total. The van der Waals surface area contributed by atoms with Gasteiger partial charge in [0.1, 0.15) is 5.75 Å². The van der Waals surface area contributed by atoms with E-state index in [1.54, 1.807) is 11.8 Å². The van der Waals surface area contributed by atoms with Crippen molar-refractivity contribution >= 4 is 22.7 Å². The Balaban J connectivity index is 1.51. The fraction of sp³-hybridized carbons (Fsp3) is 0.304. The van der Waals surface area contributed by atoms with E-state index in [1.807, 2.05) is 12.1 Å². The predicted octanol–water partition coefficient (Wildman–Crippen LogP) is 5.42. The maximum absolute atomic E-state index is 5.84. The predicted molar refractivity (Wildman–Crippen MR) is 120 cm³/mol. The highest BCUT2D eigenvalue weighted by Crippen LogP contribution is 2.31. The van der Waals surface area contributed by atoms with Crippen LogP contribution in [0.1, 0.15) is 19.4 Å². The molecule has 0 saturated heterocycles. The summed E-state index contributed by atoms with van der Waals surface area (Å²) in [6.45, 7) is 8.77. The quantitative estimate of drug-likeness (QED) is 0.289. The lowest BCUT2D eigenvalue weighted by atomic mass is 10.1. The largest absolute Gasteiger partial charge is 0.493 e. The lowest BCUT2D eigenvalue weighted by molar-refractivity contribution is 0.343. The molecule has 4 aromatic rings. The van der Waals surface area contributed by atoms with Crippen LogP contribution >= 0.6 is 11.8 Å². The van der Waals surface area contributed by atoms with E-state index >= 15 is 0 Å². The third kappa shape index (κ3) is 4.03. The summed E-state index contributed by atoms with van der Waals surface area (Å²) in [7, 11) is 0. The molecule has 0 atom stereocenters. The van der Waals surface area contributed by atoms with Crippen LogP contribution in [0, 0.1) is 6.92 Å². The summed E-state index contributed by atoms with van der Waals surface area (Å²) in [6.07, 6.45) is 2.19. The fourth-order valence-electron chi connectivity index (χ4n) is 3.49. The maximum atomic E-state index is 5.84. The second-order valence-electron chi connectivity index (χ2n) is 6.91. The Labute approximate surface area is 175 Å². The molecule has 150 valence electrons. The number of hydrogen-bond acceptors (Lipinski definition) is 4. The van der Waals surface area contributed by atoms with Crippen LogP contribution in [0.3, 0.4) is 0 Å². The van der Waals surface area contributed by atoms with Gasteiger partial charge in [-0.15, -0.1) is 10.2 Å². The van der Waals surface area contributed by atoms with Crippen LogP contribution in [0.4, 0.5) is 0 Å². The maximum Gasteiger partial charge on any atom is 0.191 e. The molecule has 2 aromatic carbocycles. The van der Waals surface area contributed by atoms with E-state index < -0.39 is 0 Å². The van der Waals surface area contributed by atoms with Crippen LogP contribution < -0.4 is 4.74 Å². The number of thioether (sulfide) groups is 1. The van der Waals surface area contributed by atoms with Crippen LogP contribution in [0.25, 0.3) is 22.3 Å². The molecular formula is C23H26N4OS. The number of nitrogens with zero attached hydrogens (tertiary/aromatic N) is 4. The topological polar surface area (TPSA) is 44.9 Å². The molecule has 0 aliphatic carbocycles. The van der Waals surface area contributed by atoms with E-state index in [9.17, 15) is 0 Å². The van der Waals surface area contributed by atoms with Gasteiger partial charge < -0.3 is 13.9 Å². The van der Waals surface area contributed by atoms with Crippen molar-refractivity contribution in [1.29, 1.82) is 0 Å². The summed E-state index contributed by atoms with van der Waals surface area (Å²) in [5.41, 5.74) is 3.61. The molecule has 0 radical (unpaired) electrons. The SMILES string of the molecule is CCn1c(SCCOc2ccc(C)cc2)nnc1-c1cn(CC)c2ccccc12. The molecule has 0 fully saturated rings. The average molecular weight is 407 g/mol. The molecule has 0 spiro atoms. The van der Waals surface area contributed by atoms with Crippen molar-refractivity contribution < 1.29 is 4.74 Å². The normalized spacial score (nSPS) is 11.3. The molecule has 0 unspecified atom stereocenters. The fourth-order valence-corrected chi connectivity index (χ4v) is 4.31. The van der Waals surface area contributed by atoms with Gasteiger partial charge in [0.15, 0.2) is 11.0 Å². The van der Waals surface area contributed by atoms with Gasteiger partial charge in [0.05, 0.1) is 6.61 Å². The highest BCUT2D eigenvalue weighted by molar-refractivity contribution is 7.99. The molecule has 5 nitrogen and oxygen atoms in total. The van der Waals surface area contributed by atoms with Gasteiger partial charge in [0.2, 0.25) is 0 Å². The molecule has 29 heavy (non-hydrogen) atoms. The van der Waals surface area contributed by atoms with E-state index in [0.29, 0.717) is 6.61 Å². The molecule has 0 amide bonds. The average Bonchev–Trinajstić information content (AvgIpc) is 3.33. The number of para-hydroxylation sites is 1. The third-order valence-electron chi connectivity index (χ3n) is 5.01. The third-order valence-corrected chi connectivity index (χ3v) is 5.94. The lowest BCUT2D eigenvalue weighted by Crippen LogP contribution is -2.03. The number of ether oxygens (including phenoxy) is 1. The number of hydrogen-bond donors (Lipinski definition) is 0. The van der Waals surface area contributed by atoms with E-state index in [0.717, 1.165) is 41.1 Å². The van der Waals surface area contributed by atoms with Crippen LogP contribution in [0.2, 0.25) is 0 Å². The van der Waals surface area contributed by atoms with E-state index in [1.165, 1.54) is 16.5 Å². The van der Waals surface area contributed by atoms with Gasteiger partial charge in [-0.1, -0.05) is 47.7 Å². The smallest absolute Gasteiger partial charge is 0.191 e. The zero-order chi connectivity index (χ0) is 20.2. The first-order chi connectivity index (χ1) is 14.2. The summed E-state index contributed by atoms with van der Waals surface area (Å²) in [5, 5.41) is 11.2. The van der Waals surface area contributed by atoms with Crippen molar-refractivity contribution in [2.45, 2.75) is 39.0 Å². The van der Waals surface area contributed by atoms with Crippen LogP contribution in [-0.2, 0) is 13.1 Å². The standard InChI is InChI=1S/C23H26N4OS/c1-4-26-16-20(19-8-6-7-9-21(19)26)22-24-25-23(27(22)5-2)29-15-14-28-18-12-10-17(3)11-13-18/h6-13,16H,4-5,14-15H2,1-3H3. The van der Waals surface area contributed by atoms with Crippen molar-refractivity contribution in [2.24, 2.45) is 0 Å². The second-order valence-corrected chi connectivity index (χ2v) is 7.97. The number of benzene rings is 2. The van der Waals surface area contributed by atoms with E-state index in [-0.39, 0.29) is 0 Å². The first-order valence-electron chi connectivity index (χ1n) is 10.0. The minimum absolute atomic E-state index is 0.634. The summed E-state index contributed by atoms with van der Waals surface area (Å²) >= 11 is 1.69. The molecule has 2 aromatic heterocycles. The Hall–Kier alpha value is -2.73.